The molecular weight excluding hydrogens is 252 g/mol. The molecule has 4 atom stereocenters. The van der Waals surface area contributed by atoms with E-state index in [9.17, 15) is 4.79 Å². The molecular formula is C16H24N2O2. The fraction of sp³-hybridized carbons (Fsp3) is 0.750. The first-order chi connectivity index (χ1) is 9.60. The second-order valence-corrected chi connectivity index (χ2v) is 6.51. The van der Waals surface area contributed by atoms with Gasteiger partial charge in [0.15, 0.2) is 0 Å². The highest BCUT2D eigenvalue weighted by Gasteiger charge is 2.42. The van der Waals surface area contributed by atoms with Crippen LogP contribution in [0.15, 0.2) is 4.52 Å². The van der Waals surface area contributed by atoms with Gasteiger partial charge in [0.05, 0.1) is 5.69 Å². The lowest BCUT2D eigenvalue weighted by Gasteiger charge is -2.28. The van der Waals surface area contributed by atoms with Crippen molar-refractivity contribution in [3.63, 3.8) is 0 Å². The molecule has 0 aliphatic heterocycles. The maximum atomic E-state index is 12.5. The van der Waals surface area contributed by atoms with Crippen LogP contribution in [0.3, 0.4) is 0 Å². The van der Waals surface area contributed by atoms with Crippen LogP contribution in [0, 0.1) is 24.7 Å². The van der Waals surface area contributed by atoms with Crippen molar-refractivity contribution in [2.75, 3.05) is 0 Å². The third-order valence-corrected chi connectivity index (χ3v) is 5.29. The summed E-state index contributed by atoms with van der Waals surface area (Å²) < 4.78 is 5.15. The number of nitrogens with one attached hydrogen (secondary N) is 1. The minimum Gasteiger partial charge on any atom is -0.361 e. The lowest BCUT2D eigenvalue weighted by Crippen LogP contribution is -2.40. The van der Waals surface area contributed by atoms with E-state index in [1.165, 1.54) is 25.7 Å². The van der Waals surface area contributed by atoms with Crippen LogP contribution < -0.4 is 5.32 Å². The van der Waals surface area contributed by atoms with Crippen molar-refractivity contribution in [1.82, 2.24) is 10.5 Å². The van der Waals surface area contributed by atoms with Gasteiger partial charge in [0.2, 0.25) is 0 Å². The largest absolute Gasteiger partial charge is 0.361 e. The first-order valence-corrected chi connectivity index (χ1v) is 7.86. The summed E-state index contributed by atoms with van der Waals surface area (Å²) in [5, 5.41) is 7.15. The number of nitrogens with zero attached hydrogens (tertiary/aromatic N) is 1. The standard InChI is InChI=1S/C16H24N2O2/c1-4-14-15(10(3)20-18-14)16(19)17-9(2)13-8-11-5-6-12(13)7-11/h9,11-13H,4-8H2,1-3H3,(H,17,19)/t9-,11-,12-,13+/m1/s1. The summed E-state index contributed by atoms with van der Waals surface area (Å²) in [6, 6.07) is 0.247. The van der Waals surface area contributed by atoms with Gasteiger partial charge in [-0.2, -0.15) is 0 Å². The van der Waals surface area contributed by atoms with Gasteiger partial charge in [-0.25, -0.2) is 0 Å². The van der Waals surface area contributed by atoms with Crippen LogP contribution in [-0.4, -0.2) is 17.1 Å². The highest BCUT2D eigenvalue weighted by molar-refractivity contribution is 5.96. The van der Waals surface area contributed by atoms with Crippen LogP contribution in [0.2, 0.25) is 0 Å². The maximum absolute atomic E-state index is 12.5. The van der Waals surface area contributed by atoms with Crippen molar-refractivity contribution >= 4 is 5.91 Å². The molecule has 1 N–H and O–H groups in total. The molecule has 0 aromatic carbocycles. The van der Waals surface area contributed by atoms with Crippen LogP contribution in [-0.2, 0) is 6.42 Å². The van der Waals surface area contributed by atoms with E-state index in [0.717, 1.165) is 24.0 Å². The van der Waals surface area contributed by atoms with Gasteiger partial charge >= 0.3 is 0 Å². The summed E-state index contributed by atoms with van der Waals surface area (Å²) in [6.45, 7) is 5.95. The smallest absolute Gasteiger partial charge is 0.257 e. The Morgan fingerprint density at radius 3 is 2.85 bits per heavy atom. The number of carbonyl (C=O) groups excluding carboxylic acids is 1. The molecule has 2 aliphatic carbocycles. The first kappa shape index (κ1) is 13.7. The summed E-state index contributed by atoms with van der Waals surface area (Å²) >= 11 is 0. The van der Waals surface area contributed by atoms with Crippen molar-refractivity contribution in [2.24, 2.45) is 17.8 Å². The molecule has 2 aliphatic rings. The van der Waals surface area contributed by atoms with Gasteiger partial charge in [-0.15, -0.1) is 0 Å². The van der Waals surface area contributed by atoms with E-state index in [4.69, 9.17) is 4.52 Å². The summed E-state index contributed by atoms with van der Waals surface area (Å²) in [5.74, 6) is 3.00. The van der Waals surface area contributed by atoms with Crippen molar-refractivity contribution < 1.29 is 9.32 Å². The normalized spacial score (nSPS) is 29.6. The van der Waals surface area contributed by atoms with Crippen molar-refractivity contribution in [1.29, 1.82) is 0 Å². The minimum atomic E-state index is -0.0177. The number of hydrogen-bond acceptors (Lipinski definition) is 3. The first-order valence-electron chi connectivity index (χ1n) is 7.86. The maximum Gasteiger partial charge on any atom is 0.257 e. The van der Waals surface area contributed by atoms with E-state index in [0.29, 0.717) is 17.2 Å². The molecule has 0 saturated heterocycles. The molecule has 4 nitrogen and oxygen atoms in total. The second-order valence-electron chi connectivity index (χ2n) is 6.51. The molecule has 3 rings (SSSR count). The predicted molar refractivity (Wildman–Crippen MR) is 76.5 cm³/mol. The Morgan fingerprint density at radius 1 is 1.45 bits per heavy atom. The highest BCUT2D eigenvalue weighted by Crippen LogP contribution is 2.49. The number of carbonyl (C=O) groups is 1. The minimum absolute atomic E-state index is 0.0177. The van der Waals surface area contributed by atoms with Crippen LogP contribution in [0.5, 0.6) is 0 Å². The lowest BCUT2D eigenvalue weighted by molar-refractivity contribution is 0.0913. The molecule has 20 heavy (non-hydrogen) atoms. The molecule has 1 heterocycles. The van der Waals surface area contributed by atoms with Gasteiger partial charge in [-0.3, -0.25) is 4.79 Å². The molecule has 2 bridgehead atoms. The van der Waals surface area contributed by atoms with Crippen LogP contribution in [0.1, 0.15) is 61.3 Å². The Bertz CT molecular complexity index is 509. The van der Waals surface area contributed by atoms with Gasteiger partial charge in [0.1, 0.15) is 11.3 Å². The average molecular weight is 276 g/mol. The topological polar surface area (TPSA) is 55.1 Å². The van der Waals surface area contributed by atoms with E-state index in [1.54, 1.807) is 0 Å². The molecule has 4 heteroatoms. The Morgan fingerprint density at radius 2 is 2.25 bits per heavy atom. The summed E-state index contributed by atoms with van der Waals surface area (Å²) in [7, 11) is 0. The fourth-order valence-electron chi connectivity index (χ4n) is 4.24. The molecule has 1 aromatic heterocycles. The van der Waals surface area contributed by atoms with Crippen LogP contribution in [0.4, 0.5) is 0 Å². The number of fused-ring (bicyclic) bond motifs is 2. The summed E-state index contributed by atoms with van der Waals surface area (Å²) in [6.07, 6.45) is 6.13. The zero-order valence-corrected chi connectivity index (χ0v) is 12.6. The van der Waals surface area contributed by atoms with Crippen LogP contribution in [0.25, 0.3) is 0 Å². The summed E-state index contributed by atoms with van der Waals surface area (Å²) in [5.41, 5.74) is 1.41. The van der Waals surface area contributed by atoms with E-state index in [2.05, 4.69) is 17.4 Å². The zero-order valence-electron chi connectivity index (χ0n) is 12.6. The fourth-order valence-corrected chi connectivity index (χ4v) is 4.24. The third-order valence-electron chi connectivity index (χ3n) is 5.29. The number of hydrogen-bond donors (Lipinski definition) is 1. The Balaban J connectivity index is 1.68. The monoisotopic (exact) mass is 276 g/mol. The molecule has 2 fully saturated rings. The van der Waals surface area contributed by atoms with Gasteiger partial charge in [-0.05, 0) is 57.3 Å². The average Bonchev–Trinajstić information content (AvgIpc) is 3.12. The molecule has 0 radical (unpaired) electrons. The number of aryl methyl sites for hydroxylation is 2. The number of amides is 1. The predicted octanol–water partition coefficient (Wildman–Crippen LogP) is 3.10. The third kappa shape index (κ3) is 2.25. The number of rotatable bonds is 4. The van der Waals surface area contributed by atoms with E-state index < -0.39 is 0 Å². The quantitative estimate of drug-likeness (QED) is 0.919. The van der Waals surface area contributed by atoms with Gasteiger partial charge in [-0.1, -0.05) is 18.5 Å². The molecule has 110 valence electrons. The molecule has 0 spiro atoms. The molecule has 1 aromatic rings. The molecule has 2 saturated carbocycles. The number of aromatic nitrogens is 1. The van der Waals surface area contributed by atoms with E-state index >= 15 is 0 Å². The lowest BCUT2D eigenvalue weighted by atomic mass is 9.84. The molecule has 0 unspecified atom stereocenters. The van der Waals surface area contributed by atoms with Crippen molar-refractivity contribution in [3.8, 4) is 0 Å². The molecule has 1 amide bonds. The van der Waals surface area contributed by atoms with E-state index in [-0.39, 0.29) is 11.9 Å². The Kier molecular flexibility index (Phi) is 3.57. The van der Waals surface area contributed by atoms with Gasteiger partial charge in [0.25, 0.3) is 5.91 Å². The van der Waals surface area contributed by atoms with Crippen molar-refractivity contribution in [3.05, 3.63) is 17.0 Å². The van der Waals surface area contributed by atoms with Gasteiger partial charge in [0, 0.05) is 6.04 Å². The van der Waals surface area contributed by atoms with E-state index in [1.807, 2.05) is 13.8 Å². The van der Waals surface area contributed by atoms with Gasteiger partial charge < -0.3 is 9.84 Å². The Hall–Kier alpha value is -1.32. The summed E-state index contributed by atoms with van der Waals surface area (Å²) in [4.78, 5) is 12.5. The second kappa shape index (κ2) is 5.23. The van der Waals surface area contributed by atoms with Crippen molar-refractivity contribution in [2.45, 2.75) is 58.9 Å². The zero-order chi connectivity index (χ0) is 14.3. The highest BCUT2D eigenvalue weighted by atomic mass is 16.5. The SMILES string of the molecule is CCc1noc(C)c1C(=O)N[C@H](C)[C@@H]1C[C@@H]2CC[C@@H]1C2. The Labute approximate surface area is 120 Å². The van der Waals surface area contributed by atoms with Crippen LogP contribution >= 0.6 is 0 Å².